The molecule has 0 spiro atoms. The summed E-state index contributed by atoms with van der Waals surface area (Å²) in [5, 5.41) is 11.4. The Balaban J connectivity index is 1.60. The molecule has 8 nitrogen and oxygen atoms in total. The van der Waals surface area contributed by atoms with Crippen molar-refractivity contribution in [2.24, 2.45) is 4.99 Å². The number of halogens is 1. The second-order valence-electron chi connectivity index (χ2n) is 7.25. The molecule has 1 aromatic carbocycles. The third kappa shape index (κ3) is 3.94. The van der Waals surface area contributed by atoms with Crippen molar-refractivity contribution < 1.29 is 4.79 Å². The summed E-state index contributed by atoms with van der Waals surface area (Å²) in [6.45, 7) is 3.24. The maximum Gasteiger partial charge on any atom is 0.266 e. The minimum Gasteiger partial charge on any atom is -0.352 e. The number of aromatic nitrogens is 4. The molecular formula is C21H23BrN6O2. The fourth-order valence-corrected chi connectivity index (χ4v) is 4.08. The van der Waals surface area contributed by atoms with Gasteiger partial charge >= 0.3 is 0 Å². The zero-order valence-corrected chi connectivity index (χ0v) is 18.4. The van der Waals surface area contributed by atoms with E-state index in [1.165, 1.54) is 0 Å². The SMILES string of the molecule is CCCCCn1c2c(c(=O)n3c(CCNC(=O)c4ccccc4)nnc13)CC(Br)=N2. The summed E-state index contributed by atoms with van der Waals surface area (Å²) < 4.78 is 4.30. The Morgan fingerprint density at radius 1 is 1.20 bits per heavy atom. The Morgan fingerprint density at radius 2 is 2.00 bits per heavy atom. The lowest BCUT2D eigenvalue weighted by Crippen LogP contribution is -2.28. The Morgan fingerprint density at radius 3 is 2.77 bits per heavy atom. The van der Waals surface area contributed by atoms with E-state index in [0.29, 0.717) is 47.9 Å². The van der Waals surface area contributed by atoms with E-state index in [1.807, 2.05) is 22.8 Å². The van der Waals surface area contributed by atoms with Crippen LogP contribution in [0.5, 0.6) is 0 Å². The number of unbranched alkanes of at least 4 members (excludes halogenated alkanes) is 2. The third-order valence-electron chi connectivity index (χ3n) is 5.15. The van der Waals surface area contributed by atoms with Gasteiger partial charge in [-0.2, -0.15) is 0 Å². The summed E-state index contributed by atoms with van der Waals surface area (Å²) in [7, 11) is 0. The number of hydrogen-bond donors (Lipinski definition) is 1. The number of carbonyl (C=O) groups is 1. The Labute approximate surface area is 182 Å². The number of nitrogens with one attached hydrogen (secondary N) is 1. The predicted molar refractivity (Wildman–Crippen MR) is 119 cm³/mol. The number of benzene rings is 1. The van der Waals surface area contributed by atoms with Gasteiger partial charge in [-0.1, -0.05) is 38.0 Å². The van der Waals surface area contributed by atoms with E-state index in [2.05, 4.69) is 43.4 Å². The van der Waals surface area contributed by atoms with Crippen LogP contribution < -0.4 is 10.9 Å². The highest BCUT2D eigenvalue weighted by Crippen LogP contribution is 2.28. The molecule has 0 bridgehead atoms. The van der Waals surface area contributed by atoms with Crippen molar-refractivity contribution in [3.63, 3.8) is 0 Å². The number of hydrogen-bond acceptors (Lipinski definition) is 5. The summed E-state index contributed by atoms with van der Waals surface area (Å²) >= 11 is 3.43. The van der Waals surface area contributed by atoms with Gasteiger partial charge in [-0.15, -0.1) is 10.2 Å². The van der Waals surface area contributed by atoms with Crippen LogP contribution in [-0.4, -0.2) is 36.2 Å². The molecule has 0 unspecified atom stereocenters. The van der Waals surface area contributed by atoms with Crippen LogP contribution in [0.15, 0.2) is 40.1 Å². The summed E-state index contributed by atoms with van der Waals surface area (Å²) in [5.41, 5.74) is 1.11. The first kappa shape index (κ1) is 20.5. The van der Waals surface area contributed by atoms with Crippen LogP contribution >= 0.6 is 15.9 Å². The quantitative estimate of drug-likeness (QED) is 0.511. The Bertz CT molecular complexity index is 1170. The average Bonchev–Trinajstić information content (AvgIpc) is 3.35. The average molecular weight is 471 g/mol. The van der Waals surface area contributed by atoms with Crippen molar-refractivity contribution in [3.05, 3.63) is 57.6 Å². The number of aryl methyl sites for hydroxylation is 1. The molecule has 0 aliphatic carbocycles. The molecule has 1 N–H and O–H groups in total. The van der Waals surface area contributed by atoms with E-state index in [4.69, 9.17) is 0 Å². The standard InChI is InChI=1S/C21H23BrN6O2/c1-2-3-7-12-27-18-15(13-16(22)24-18)20(30)28-17(25-26-21(27)28)10-11-23-19(29)14-8-5-4-6-9-14/h4-6,8-9H,2-3,7,10-13H2,1H3,(H,23,29). The number of rotatable bonds is 8. The number of aliphatic imine (C=N–C) groups is 1. The fraction of sp³-hybridized carbons (Fsp3) is 0.381. The van der Waals surface area contributed by atoms with Gasteiger partial charge in [0.2, 0.25) is 5.78 Å². The van der Waals surface area contributed by atoms with Gasteiger partial charge in [0.15, 0.2) is 0 Å². The van der Waals surface area contributed by atoms with Gasteiger partial charge < -0.3 is 5.32 Å². The summed E-state index contributed by atoms with van der Waals surface area (Å²) in [5.74, 6) is 1.56. The molecule has 0 fully saturated rings. The van der Waals surface area contributed by atoms with Crippen molar-refractivity contribution in [2.45, 2.75) is 45.6 Å². The highest BCUT2D eigenvalue weighted by Gasteiger charge is 2.25. The maximum absolute atomic E-state index is 13.1. The van der Waals surface area contributed by atoms with Gasteiger partial charge in [0, 0.05) is 31.5 Å². The molecule has 3 heterocycles. The maximum atomic E-state index is 13.1. The van der Waals surface area contributed by atoms with Crippen LogP contribution in [0.25, 0.3) is 5.78 Å². The highest BCUT2D eigenvalue weighted by molar-refractivity contribution is 9.18. The molecule has 1 amide bonds. The third-order valence-corrected chi connectivity index (χ3v) is 5.60. The zero-order chi connectivity index (χ0) is 21.1. The monoisotopic (exact) mass is 470 g/mol. The van der Waals surface area contributed by atoms with Crippen molar-refractivity contribution in [1.29, 1.82) is 0 Å². The summed E-state index contributed by atoms with van der Waals surface area (Å²) in [4.78, 5) is 29.9. The smallest absolute Gasteiger partial charge is 0.266 e. The second-order valence-corrected chi connectivity index (χ2v) is 8.17. The molecule has 156 valence electrons. The first-order chi connectivity index (χ1) is 14.6. The predicted octanol–water partition coefficient (Wildman–Crippen LogP) is 3.03. The van der Waals surface area contributed by atoms with Crippen molar-refractivity contribution in [2.75, 3.05) is 6.54 Å². The fourth-order valence-electron chi connectivity index (χ4n) is 3.63. The molecule has 0 saturated carbocycles. The zero-order valence-electron chi connectivity index (χ0n) is 16.8. The van der Waals surface area contributed by atoms with E-state index >= 15 is 0 Å². The van der Waals surface area contributed by atoms with E-state index in [1.54, 1.807) is 16.5 Å². The molecule has 4 rings (SSSR count). The van der Waals surface area contributed by atoms with E-state index in [-0.39, 0.29) is 11.5 Å². The van der Waals surface area contributed by atoms with E-state index in [9.17, 15) is 9.59 Å². The summed E-state index contributed by atoms with van der Waals surface area (Å²) in [6, 6.07) is 9.03. The van der Waals surface area contributed by atoms with Gasteiger partial charge in [-0.3, -0.25) is 14.2 Å². The number of nitrogens with zero attached hydrogens (tertiary/aromatic N) is 5. The molecule has 30 heavy (non-hydrogen) atoms. The largest absolute Gasteiger partial charge is 0.352 e. The normalized spacial score (nSPS) is 12.8. The van der Waals surface area contributed by atoms with E-state index in [0.717, 1.165) is 30.4 Å². The topological polar surface area (TPSA) is 93.7 Å². The van der Waals surface area contributed by atoms with Crippen LogP contribution in [0.2, 0.25) is 0 Å². The second kappa shape index (κ2) is 8.91. The van der Waals surface area contributed by atoms with Crippen molar-refractivity contribution in [1.82, 2.24) is 24.5 Å². The number of fused-ring (bicyclic) bond motifs is 2. The van der Waals surface area contributed by atoms with Gasteiger partial charge in [0.1, 0.15) is 11.6 Å². The lowest BCUT2D eigenvalue weighted by atomic mass is 10.2. The summed E-state index contributed by atoms with van der Waals surface area (Å²) in [6.07, 6.45) is 4.05. The van der Waals surface area contributed by atoms with Gasteiger partial charge in [0.25, 0.3) is 11.5 Å². The molecule has 9 heteroatoms. The van der Waals surface area contributed by atoms with E-state index < -0.39 is 0 Å². The first-order valence-electron chi connectivity index (χ1n) is 10.2. The number of amides is 1. The molecule has 1 aliphatic heterocycles. The highest BCUT2D eigenvalue weighted by atomic mass is 79.9. The molecule has 0 radical (unpaired) electrons. The number of carbonyl (C=O) groups excluding carboxylic acids is 1. The Hall–Kier alpha value is -2.81. The van der Waals surface area contributed by atoms with Gasteiger partial charge in [0.05, 0.1) is 10.2 Å². The molecule has 3 aromatic rings. The van der Waals surface area contributed by atoms with Crippen LogP contribution in [0.4, 0.5) is 5.82 Å². The lowest BCUT2D eigenvalue weighted by molar-refractivity contribution is 0.0954. The minimum atomic E-state index is -0.153. The molecule has 1 aliphatic rings. The van der Waals surface area contributed by atoms with Crippen LogP contribution in [0.1, 0.15) is 47.9 Å². The van der Waals surface area contributed by atoms with Crippen molar-refractivity contribution >= 4 is 38.1 Å². The van der Waals surface area contributed by atoms with Crippen LogP contribution in [-0.2, 0) is 19.4 Å². The molecule has 2 aromatic heterocycles. The van der Waals surface area contributed by atoms with Crippen LogP contribution in [0, 0.1) is 0 Å². The van der Waals surface area contributed by atoms with Gasteiger partial charge in [-0.05, 0) is 34.5 Å². The Kier molecular flexibility index (Phi) is 6.08. The first-order valence-corrected chi connectivity index (χ1v) is 11.0. The molecular weight excluding hydrogens is 448 g/mol. The lowest BCUT2D eigenvalue weighted by Gasteiger charge is -2.12. The van der Waals surface area contributed by atoms with Crippen molar-refractivity contribution in [3.8, 4) is 0 Å². The minimum absolute atomic E-state index is 0.140. The molecule has 0 atom stereocenters. The van der Waals surface area contributed by atoms with Gasteiger partial charge in [-0.25, -0.2) is 9.39 Å². The molecule has 0 saturated heterocycles. The van der Waals surface area contributed by atoms with Crippen LogP contribution in [0.3, 0.4) is 0 Å².